The van der Waals surface area contributed by atoms with Crippen molar-refractivity contribution in [2.24, 2.45) is 5.73 Å². The Morgan fingerprint density at radius 3 is 2.81 bits per heavy atom. The van der Waals surface area contributed by atoms with Crippen LogP contribution in [0.5, 0.6) is 5.75 Å². The third-order valence-electron chi connectivity index (χ3n) is 2.13. The Bertz CT molecular complexity index is 366. The average Bonchev–Trinajstić information content (AvgIpc) is 2.20. The van der Waals surface area contributed by atoms with Crippen molar-refractivity contribution in [1.29, 1.82) is 0 Å². The number of primary amides is 1. The van der Waals surface area contributed by atoms with Gasteiger partial charge in [-0.15, -0.1) is 0 Å². The molecule has 88 valence electrons. The van der Waals surface area contributed by atoms with Crippen molar-refractivity contribution in [2.45, 2.75) is 26.2 Å². The summed E-state index contributed by atoms with van der Waals surface area (Å²) in [5, 5.41) is 0.523. The smallest absolute Gasteiger partial charge is 0.221 e. The molecule has 0 bridgehead atoms. The number of ether oxygens (including phenoxy) is 1. The monoisotopic (exact) mass is 241 g/mol. The van der Waals surface area contributed by atoms with Crippen LogP contribution in [0.4, 0.5) is 0 Å². The summed E-state index contributed by atoms with van der Waals surface area (Å²) in [7, 11) is 0. The molecule has 1 rings (SSSR count). The predicted octanol–water partition coefficient (Wildman–Crippen LogP) is 2.55. The average molecular weight is 242 g/mol. The number of carbonyl (C=O) groups excluding carboxylic acids is 1. The number of hydrogen-bond acceptors (Lipinski definition) is 2. The lowest BCUT2D eigenvalue weighted by Gasteiger charge is -2.08. The lowest BCUT2D eigenvalue weighted by Crippen LogP contribution is -2.13. The van der Waals surface area contributed by atoms with Crippen molar-refractivity contribution in [3.05, 3.63) is 28.8 Å². The van der Waals surface area contributed by atoms with Crippen LogP contribution in [-0.4, -0.2) is 12.5 Å². The molecule has 16 heavy (non-hydrogen) atoms. The van der Waals surface area contributed by atoms with Crippen molar-refractivity contribution in [3.63, 3.8) is 0 Å². The quantitative estimate of drug-likeness (QED) is 0.779. The molecule has 0 aliphatic heterocycles. The lowest BCUT2D eigenvalue weighted by atomic mass is 10.1. The molecule has 0 saturated carbocycles. The molecule has 0 spiro atoms. The van der Waals surface area contributed by atoms with Crippen LogP contribution in [0.3, 0.4) is 0 Å². The van der Waals surface area contributed by atoms with Gasteiger partial charge in [0.2, 0.25) is 5.91 Å². The number of benzene rings is 1. The highest BCUT2D eigenvalue weighted by Crippen LogP contribution is 2.25. The molecule has 0 radical (unpaired) electrons. The van der Waals surface area contributed by atoms with Crippen LogP contribution in [0.1, 0.15) is 25.3 Å². The molecule has 1 aromatic rings. The number of unbranched alkanes of at least 4 members (excludes halogenated alkanes) is 1. The first-order valence-corrected chi connectivity index (χ1v) is 5.70. The Kier molecular flexibility index (Phi) is 5.12. The maximum atomic E-state index is 10.7. The van der Waals surface area contributed by atoms with Crippen LogP contribution in [0, 0.1) is 0 Å². The van der Waals surface area contributed by atoms with Crippen LogP contribution in [0.25, 0.3) is 0 Å². The SMILES string of the molecule is CCCCOc1ccc(CC(N)=O)cc1Cl. The highest BCUT2D eigenvalue weighted by molar-refractivity contribution is 6.32. The van der Waals surface area contributed by atoms with Crippen molar-refractivity contribution in [3.8, 4) is 5.75 Å². The van der Waals surface area contributed by atoms with Gasteiger partial charge in [0.25, 0.3) is 0 Å². The van der Waals surface area contributed by atoms with E-state index in [0.29, 0.717) is 17.4 Å². The Hall–Kier alpha value is -1.22. The summed E-state index contributed by atoms with van der Waals surface area (Å²) >= 11 is 6.01. The van der Waals surface area contributed by atoms with Gasteiger partial charge in [0.05, 0.1) is 18.1 Å². The Morgan fingerprint density at radius 1 is 1.50 bits per heavy atom. The van der Waals surface area contributed by atoms with E-state index in [2.05, 4.69) is 6.92 Å². The fourth-order valence-corrected chi connectivity index (χ4v) is 1.56. The van der Waals surface area contributed by atoms with E-state index < -0.39 is 0 Å². The normalized spacial score (nSPS) is 10.1. The fourth-order valence-electron chi connectivity index (χ4n) is 1.30. The molecular weight excluding hydrogens is 226 g/mol. The van der Waals surface area contributed by atoms with Crippen LogP contribution < -0.4 is 10.5 Å². The van der Waals surface area contributed by atoms with E-state index in [1.807, 2.05) is 0 Å². The minimum absolute atomic E-state index is 0.203. The third kappa shape index (κ3) is 4.11. The van der Waals surface area contributed by atoms with Gasteiger partial charge in [-0.3, -0.25) is 4.79 Å². The number of amides is 1. The molecule has 1 aromatic carbocycles. The van der Waals surface area contributed by atoms with Gasteiger partial charge >= 0.3 is 0 Å². The molecule has 0 aliphatic carbocycles. The second kappa shape index (κ2) is 6.38. The van der Waals surface area contributed by atoms with Crippen molar-refractivity contribution < 1.29 is 9.53 Å². The van der Waals surface area contributed by atoms with Gasteiger partial charge in [-0.2, -0.15) is 0 Å². The van der Waals surface area contributed by atoms with E-state index in [-0.39, 0.29) is 12.3 Å². The standard InChI is InChI=1S/C12H16ClNO2/c1-2-3-6-16-11-5-4-9(7-10(11)13)8-12(14)15/h4-5,7H,2-3,6,8H2,1H3,(H2,14,15). The highest BCUT2D eigenvalue weighted by Gasteiger charge is 2.04. The van der Waals surface area contributed by atoms with Crippen molar-refractivity contribution in [2.75, 3.05) is 6.61 Å². The topological polar surface area (TPSA) is 52.3 Å². The number of rotatable bonds is 6. The minimum Gasteiger partial charge on any atom is -0.492 e. The highest BCUT2D eigenvalue weighted by atomic mass is 35.5. The Morgan fingerprint density at radius 2 is 2.25 bits per heavy atom. The van der Waals surface area contributed by atoms with Gasteiger partial charge in [-0.05, 0) is 24.1 Å². The zero-order chi connectivity index (χ0) is 12.0. The second-order valence-electron chi connectivity index (χ2n) is 3.61. The van der Waals surface area contributed by atoms with Gasteiger partial charge in [-0.1, -0.05) is 31.0 Å². The molecule has 0 atom stereocenters. The first kappa shape index (κ1) is 12.8. The van der Waals surface area contributed by atoms with Crippen LogP contribution in [0.2, 0.25) is 5.02 Å². The number of nitrogens with two attached hydrogens (primary N) is 1. The van der Waals surface area contributed by atoms with E-state index in [1.54, 1.807) is 18.2 Å². The zero-order valence-corrected chi connectivity index (χ0v) is 10.1. The summed E-state index contributed by atoms with van der Waals surface area (Å²) in [5.74, 6) is 0.291. The van der Waals surface area contributed by atoms with E-state index in [4.69, 9.17) is 22.1 Å². The van der Waals surface area contributed by atoms with Gasteiger partial charge in [-0.25, -0.2) is 0 Å². The molecule has 0 aromatic heterocycles. The largest absolute Gasteiger partial charge is 0.492 e. The molecule has 2 N–H and O–H groups in total. The van der Waals surface area contributed by atoms with E-state index >= 15 is 0 Å². The van der Waals surface area contributed by atoms with E-state index in [9.17, 15) is 4.79 Å². The van der Waals surface area contributed by atoms with Gasteiger partial charge < -0.3 is 10.5 Å². The van der Waals surface area contributed by atoms with Crippen LogP contribution in [-0.2, 0) is 11.2 Å². The minimum atomic E-state index is -0.365. The maximum Gasteiger partial charge on any atom is 0.221 e. The predicted molar refractivity (Wildman–Crippen MR) is 64.8 cm³/mol. The van der Waals surface area contributed by atoms with Crippen LogP contribution >= 0.6 is 11.6 Å². The summed E-state index contributed by atoms with van der Waals surface area (Å²) in [6, 6.07) is 5.29. The molecule has 0 fully saturated rings. The van der Waals surface area contributed by atoms with Gasteiger partial charge in [0.15, 0.2) is 0 Å². The van der Waals surface area contributed by atoms with Gasteiger partial charge in [0.1, 0.15) is 5.75 Å². The van der Waals surface area contributed by atoms with Crippen LogP contribution in [0.15, 0.2) is 18.2 Å². The summed E-state index contributed by atoms with van der Waals surface area (Å²) in [4.78, 5) is 10.7. The number of carbonyl (C=O) groups is 1. The fraction of sp³-hybridized carbons (Fsp3) is 0.417. The molecule has 3 nitrogen and oxygen atoms in total. The number of hydrogen-bond donors (Lipinski definition) is 1. The molecule has 4 heteroatoms. The lowest BCUT2D eigenvalue weighted by molar-refractivity contribution is -0.117. The number of halogens is 1. The van der Waals surface area contributed by atoms with E-state index in [1.165, 1.54) is 0 Å². The molecule has 1 amide bonds. The Labute approximate surface area is 101 Å². The summed E-state index contributed by atoms with van der Waals surface area (Å²) < 4.78 is 5.49. The molecule has 0 unspecified atom stereocenters. The molecular formula is C12H16ClNO2. The summed E-state index contributed by atoms with van der Waals surface area (Å²) in [5.41, 5.74) is 5.90. The molecule has 0 heterocycles. The first-order valence-electron chi connectivity index (χ1n) is 5.33. The first-order chi connectivity index (χ1) is 7.63. The zero-order valence-electron chi connectivity index (χ0n) is 9.33. The Balaban J connectivity index is 2.64. The molecule has 0 aliphatic rings. The van der Waals surface area contributed by atoms with E-state index in [0.717, 1.165) is 18.4 Å². The van der Waals surface area contributed by atoms with Gasteiger partial charge in [0, 0.05) is 0 Å². The van der Waals surface area contributed by atoms with Crippen molar-refractivity contribution >= 4 is 17.5 Å². The van der Waals surface area contributed by atoms with Crippen molar-refractivity contribution in [1.82, 2.24) is 0 Å². The summed E-state index contributed by atoms with van der Waals surface area (Å²) in [6.45, 7) is 2.76. The molecule has 0 saturated heterocycles. The third-order valence-corrected chi connectivity index (χ3v) is 2.43. The summed E-state index contributed by atoms with van der Waals surface area (Å²) in [6.07, 6.45) is 2.28. The second-order valence-corrected chi connectivity index (χ2v) is 4.02. The maximum absolute atomic E-state index is 10.7.